The lowest BCUT2D eigenvalue weighted by atomic mass is 10.1. The first-order valence-electron chi connectivity index (χ1n) is 7.44. The van der Waals surface area contributed by atoms with E-state index in [4.69, 9.17) is 9.47 Å². The average molecular weight is 291 g/mol. The number of nitrogens with zero attached hydrogens (tertiary/aromatic N) is 1. The van der Waals surface area contributed by atoms with Crippen molar-refractivity contribution in [1.29, 1.82) is 0 Å². The van der Waals surface area contributed by atoms with Crippen LogP contribution in [0.3, 0.4) is 0 Å². The minimum atomic E-state index is 0.314. The van der Waals surface area contributed by atoms with Crippen LogP contribution in [0.25, 0.3) is 0 Å². The fraction of sp³-hybridized carbons (Fsp3) is 0.562. The van der Waals surface area contributed by atoms with Crippen molar-refractivity contribution < 1.29 is 9.47 Å². The molecule has 1 aromatic carbocycles. The molecule has 2 rings (SSSR count). The molecule has 0 radical (unpaired) electrons. The first-order chi connectivity index (χ1) is 10.3. The number of ether oxygens (including phenoxy) is 2. The van der Waals surface area contributed by atoms with E-state index in [1.165, 1.54) is 11.1 Å². The zero-order chi connectivity index (χ0) is 14.9. The Balaban J connectivity index is 1.78. The third-order valence-electron chi connectivity index (χ3n) is 3.51. The smallest absolute Gasteiger partial charge is 0.191 e. The predicted molar refractivity (Wildman–Crippen MR) is 84.3 cm³/mol. The predicted octanol–water partition coefficient (Wildman–Crippen LogP) is 1.68. The van der Waals surface area contributed by atoms with Gasteiger partial charge in [-0.15, -0.1) is 0 Å². The lowest BCUT2D eigenvalue weighted by Gasteiger charge is -2.15. The highest BCUT2D eigenvalue weighted by Crippen LogP contribution is 2.10. The summed E-state index contributed by atoms with van der Waals surface area (Å²) in [5.74, 6) is 0.808. The average Bonchev–Trinajstić information content (AvgIpc) is 3.01. The molecule has 1 aliphatic heterocycles. The lowest BCUT2D eigenvalue weighted by molar-refractivity contribution is 0.114. The fourth-order valence-corrected chi connectivity index (χ4v) is 2.42. The maximum absolute atomic E-state index is 5.59. The maximum Gasteiger partial charge on any atom is 0.191 e. The van der Waals surface area contributed by atoms with Gasteiger partial charge in [0.15, 0.2) is 5.96 Å². The van der Waals surface area contributed by atoms with Crippen LogP contribution in [0.2, 0.25) is 0 Å². The van der Waals surface area contributed by atoms with Gasteiger partial charge < -0.3 is 20.1 Å². The van der Waals surface area contributed by atoms with Crippen LogP contribution in [0, 0.1) is 0 Å². The number of aliphatic imine (C=N–C) groups is 1. The largest absolute Gasteiger partial charge is 0.380 e. The standard InChI is InChI=1S/C16H25N3O2/c1-17-16(19-11-15-7-4-8-21-15)18-10-13-5-3-6-14(9-13)12-20-2/h3,5-6,9,15H,4,7-8,10-12H2,1-2H3,(H2,17,18,19). The summed E-state index contributed by atoms with van der Waals surface area (Å²) >= 11 is 0. The summed E-state index contributed by atoms with van der Waals surface area (Å²) in [7, 11) is 3.49. The van der Waals surface area contributed by atoms with Crippen LogP contribution in [0.4, 0.5) is 0 Å². The number of methoxy groups -OCH3 is 1. The Morgan fingerprint density at radius 1 is 1.38 bits per heavy atom. The SMILES string of the molecule is CN=C(NCc1cccc(COC)c1)NCC1CCCO1. The Morgan fingerprint density at radius 2 is 2.24 bits per heavy atom. The molecule has 0 amide bonds. The number of hydrogen-bond donors (Lipinski definition) is 2. The first-order valence-corrected chi connectivity index (χ1v) is 7.44. The second-order valence-electron chi connectivity index (χ2n) is 5.19. The second kappa shape index (κ2) is 8.64. The molecular weight excluding hydrogens is 266 g/mol. The second-order valence-corrected chi connectivity index (χ2v) is 5.19. The van der Waals surface area contributed by atoms with Crippen molar-refractivity contribution in [3.05, 3.63) is 35.4 Å². The molecule has 116 valence electrons. The molecule has 0 aromatic heterocycles. The summed E-state index contributed by atoms with van der Waals surface area (Å²) in [6.45, 7) is 3.07. The quantitative estimate of drug-likeness (QED) is 0.618. The monoisotopic (exact) mass is 291 g/mol. The summed E-state index contributed by atoms with van der Waals surface area (Å²) in [4.78, 5) is 4.24. The van der Waals surface area contributed by atoms with Crippen molar-refractivity contribution in [2.24, 2.45) is 4.99 Å². The van der Waals surface area contributed by atoms with E-state index in [1.54, 1.807) is 14.2 Å². The van der Waals surface area contributed by atoms with Crippen molar-refractivity contribution in [3.63, 3.8) is 0 Å². The van der Waals surface area contributed by atoms with E-state index in [9.17, 15) is 0 Å². The Bertz CT molecular complexity index is 457. The summed E-state index contributed by atoms with van der Waals surface area (Å²) in [5, 5.41) is 6.63. The van der Waals surface area contributed by atoms with Crippen molar-refractivity contribution in [1.82, 2.24) is 10.6 Å². The van der Waals surface area contributed by atoms with E-state index < -0.39 is 0 Å². The van der Waals surface area contributed by atoms with Crippen molar-refractivity contribution in [2.75, 3.05) is 27.3 Å². The van der Waals surface area contributed by atoms with Gasteiger partial charge in [0.1, 0.15) is 0 Å². The normalized spacial score (nSPS) is 18.8. The Kier molecular flexibility index (Phi) is 6.50. The van der Waals surface area contributed by atoms with E-state index in [1.807, 2.05) is 6.07 Å². The molecule has 1 aromatic rings. The first kappa shape index (κ1) is 15.8. The molecule has 1 unspecified atom stereocenters. The van der Waals surface area contributed by atoms with E-state index >= 15 is 0 Å². The molecule has 1 saturated heterocycles. The highest BCUT2D eigenvalue weighted by atomic mass is 16.5. The molecular formula is C16H25N3O2. The van der Waals surface area contributed by atoms with Gasteiger partial charge >= 0.3 is 0 Å². The van der Waals surface area contributed by atoms with Crippen LogP contribution >= 0.6 is 0 Å². The van der Waals surface area contributed by atoms with Crippen LogP contribution in [0.5, 0.6) is 0 Å². The molecule has 1 atom stereocenters. The summed E-state index contributed by atoms with van der Waals surface area (Å²) in [6.07, 6.45) is 2.60. The number of guanidine groups is 1. The Morgan fingerprint density at radius 3 is 2.95 bits per heavy atom. The summed E-state index contributed by atoms with van der Waals surface area (Å²) in [5.41, 5.74) is 2.39. The molecule has 0 aliphatic carbocycles. The van der Waals surface area contributed by atoms with Crippen LogP contribution in [-0.4, -0.2) is 39.4 Å². The highest BCUT2D eigenvalue weighted by molar-refractivity contribution is 5.79. The Labute approximate surface area is 126 Å². The molecule has 5 heteroatoms. The van der Waals surface area contributed by atoms with Crippen LogP contribution in [-0.2, 0) is 22.6 Å². The molecule has 1 fully saturated rings. The van der Waals surface area contributed by atoms with Crippen LogP contribution < -0.4 is 10.6 Å². The summed E-state index contributed by atoms with van der Waals surface area (Å²) in [6, 6.07) is 8.36. The highest BCUT2D eigenvalue weighted by Gasteiger charge is 2.15. The minimum Gasteiger partial charge on any atom is -0.380 e. The molecule has 1 heterocycles. The molecule has 0 saturated carbocycles. The number of nitrogens with one attached hydrogen (secondary N) is 2. The van der Waals surface area contributed by atoms with Gasteiger partial charge in [0.2, 0.25) is 0 Å². The van der Waals surface area contributed by atoms with Crippen LogP contribution in [0.1, 0.15) is 24.0 Å². The van der Waals surface area contributed by atoms with Gasteiger partial charge in [-0.25, -0.2) is 0 Å². The van der Waals surface area contributed by atoms with Gasteiger partial charge in [-0.05, 0) is 24.0 Å². The van der Waals surface area contributed by atoms with E-state index in [0.717, 1.165) is 38.5 Å². The van der Waals surface area contributed by atoms with Gasteiger partial charge in [0, 0.05) is 33.9 Å². The maximum atomic E-state index is 5.59. The number of hydrogen-bond acceptors (Lipinski definition) is 3. The van der Waals surface area contributed by atoms with Crippen molar-refractivity contribution in [3.8, 4) is 0 Å². The third-order valence-corrected chi connectivity index (χ3v) is 3.51. The molecule has 1 aliphatic rings. The van der Waals surface area contributed by atoms with E-state index in [-0.39, 0.29) is 0 Å². The molecule has 2 N–H and O–H groups in total. The zero-order valence-electron chi connectivity index (χ0n) is 12.9. The van der Waals surface area contributed by atoms with E-state index in [0.29, 0.717) is 12.7 Å². The van der Waals surface area contributed by atoms with Gasteiger partial charge in [-0.3, -0.25) is 4.99 Å². The lowest BCUT2D eigenvalue weighted by Crippen LogP contribution is -2.40. The zero-order valence-corrected chi connectivity index (χ0v) is 12.9. The molecule has 0 spiro atoms. The number of benzene rings is 1. The Hall–Kier alpha value is -1.59. The molecule has 21 heavy (non-hydrogen) atoms. The van der Waals surface area contributed by atoms with Crippen molar-refractivity contribution >= 4 is 5.96 Å². The molecule has 0 bridgehead atoms. The topological polar surface area (TPSA) is 54.9 Å². The number of rotatable bonds is 6. The minimum absolute atomic E-state index is 0.314. The van der Waals surface area contributed by atoms with Gasteiger partial charge in [0.05, 0.1) is 12.7 Å². The summed E-state index contributed by atoms with van der Waals surface area (Å²) < 4.78 is 10.7. The van der Waals surface area contributed by atoms with Gasteiger partial charge in [-0.2, -0.15) is 0 Å². The fourth-order valence-electron chi connectivity index (χ4n) is 2.42. The van der Waals surface area contributed by atoms with Crippen molar-refractivity contribution in [2.45, 2.75) is 32.1 Å². The van der Waals surface area contributed by atoms with Crippen LogP contribution in [0.15, 0.2) is 29.3 Å². The third kappa shape index (κ3) is 5.36. The molecule has 5 nitrogen and oxygen atoms in total. The van der Waals surface area contributed by atoms with Gasteiger partial charge in [-0.1, -0.05) is 24.3 Å². The van der Waals surface area contributed by atoms with E-state index in [2.05, 4.69) is 33.8 Å². The van der Waals surface area contributed by atoms with Gasteiger partial charge in [0.25, 0.3) is 0 Å².